The van der Waals surface area contributed by atoms with Gasteiger partial charge in [-0.05, 0) is 65.5 Å². The van der Waals surface area contributed by atoms with Gasteiger partial charge in [0.25, 0.3) is 5.91 Å². The van der Waals surface area contributed by atoms with Crippen molar-refractivity contribution in [2.24, 2.45) is 0 Å². The molecule has 43 heavy (non-hydrogen) atoms. The fourth-order valence-corrected chi connectivity index (χ4v) is 8.60. The molecule has 3 aliphatic heterocycles. The van der Waals surface area contributed by atoms with Crippen molar-refractivity contribution in [2.45, 2.75) is 24.2 Å². The number of sulfonamides is 1. The van der Waals surface area contributed by atoms with Crippen molar-refractivity contribution in [3.63, 3.8) is 0 Å². The number of halogens is 3. The minimum atomic E-state index is -3.83. The molecular formula is C29H33BrCl2N4O6S. The normalized spacial score (nSPS) is 18.3. The lowest BCUT2D eigenvalue weighted by Gasteiger charge is -2.36. The summed E-state index contributed by atoms with van der Waals surface area (Å²) in [6.07, 6.45) is 4.63. The molecule has 3 fully saturated rings. The minimum Gasteiger partial charge on any atom is -0.451 e. The van der Waals surface area contributed by atoms with Gasteiger partial charge in [0.1, 0.15) is 10.5 Å². The molecule has 0 unspecified atom stereocenters. The Labute approximate surface area is 269 Å². The van der Waals surface area contributed by atoms with Crippen molar-refractivity contribution in [2.75, 3.05) is 70.5 Å². The highest BCUT2D eigenvalue weighted by molar-refractivity contribution is 9.10. The van der Waals surface area contributed by atoms with Gasteiger partial charge in [-0.15, -0.1) is 0 Å². The first-order valence-corrected chi connectivity index (χ1v) is 17.2. The number of amides is 2. The summed E-state index contributed by atoms with van der Waals surface area (Å²) < 4.78 is 39.7. The molecule has 14 heteroatoms. The molecule has 2 aromatic carbocycles. The molecule has 3 aromatic rings. The molecule has 0 bridgehead atoms. The molecule has 0 N–H and O–H groups in total. The number of benzene rings is 2. The minimum absolute atomic E-state index is 0.0600. The van der Waals surface area contributed by atoms with Crippen LogP contribution in [0.1, 0.15) is 29.8 Å². The molecule has 0 atom stereocenters. The van der Waals surface area contributed by atoms with Crippen LogP contribution < -0.4 is 4.90 Å². The molecule has 3 aliphatic rings. The zero-order valence-corrected chi connectivity index (χ0v) is 27.4. The maximum absolute atomic E-state index is 13.2. The number of fused-ring (bicyclic) bond motifs is 1. The van der Waals surface area contributed by atoms with Crippen LogP contribution in [0.4, 0.5) is 5.69 Å². The van der Waals surface area contributed by atoms with Gasteiger partial charge in [-0.1, -0.05) is 29.3 Å². The Balaban J connectivity index is 0.000000400. The van der Waals surface area contributed by atoms with Gasteiger partial charge >= 0.3 is 0 Å². The largest absolute Gasteiger partial charge is 0.451 e. The van der Waals surface area contributed by atoms with Crippen LogP contribution in [0.25, 0.3) is 11.0 Å². The fraction of sp³-hybridized carbons (Fsp3) is 0.448. The number of likely N-dealkylation sites (tertiary alicyclic amines) is 1. The molecule has 232 valence electrons. The van der Waals surface area contributed by atoms with E-state index in [1.807, 2.05) is 17.0 Å². The first-order chi connectivity index (χ1) is 20.7. The second-order valence-corrected chi connectivity index (χ2v) is 14.0. The predicted molar refractivity (Wildman–Crippen MR) is 170 cm³/mol. The van der Waals surface area contributed by atoms with E-state index in [0.29, 0.717) is 45.0 Å². The summed E-state index contributed by atoms with van der Waals surface area (Å²) in [5.41, 5.74) is 1.50. The van der Waals surface area contributed by atoms with Crippen LogP contribution in [-0.2, 0) is 19.6 Å². The van der Waals surface area contributed by atoms with Crippen molar-refractivity contribution in [1.82, 2.24) is 14.1 Å². The maximum Gasteiger partial charge on any atom is 0.289 e. The molecule has 0 aliphatic carbocycles. The van der Waals surface area contributed by atoms with Crippen molar-refractivity contribution in [1.29, 1.82) is 0 Å². The van der Waals surface area contributed by atoms with Crippen LogP contribution in [0, 0.1) is 0 Å². The van der Waals surface area contributed by atoms with Crippen molar-refractivity contribution in [3.05, 3.63) is 56.7 Å². The molecule has 6 rings (SSSR count). The molecule has 0 saturated carbocycles. The van der Waals surface area contributed by atoms with Gasteiger partial charge in [-0.2, -0.15) is 4.31 Å². The van der Waals surface area contributed by atoms with E-state index >= 15 is 0 Å². The predicted octanol–water partition coefficient (Wildman–Crippen LogP) is 5.11. The number of nitrogens with zero attached hydrogens (tertiary/aromatic N) is 4. The molecule has 1 aromatic heterocycles. The Morgan fingerprint density at radius 1 is 0.884 bits per heavy atom. The van der Waals surface area contributed by atoms with E-state index < -0.39 is 10.0 Å². The average molecular weight is 716 g/mol. The van der Waals surface area contributed by atoms with Crippen molar-refractivity contribution < 1.29 is 27.2 Å². The van der Waals surface area contributed by atoms with E-state index in [0.717, 1.165) is 35.0 Å². The number of morpholine rings is 1. The first-order valence-electron chi connectivity index (χ1n) is 14.2. The quantitative estimate of drug-likeness (QED) is 0.338. The monoisotopic (exact) mass is 714 g/mol. The van der Waals surface area contributed by atoms with Crippen molar-refractivity contribution >= 4 is 78.1 Å². The fourth-order valence-electron chi connectivity index (χ4n) is 5.39. The number of rotatable bonds is 5. The summed E-state index contributed by atoms with van der Waals surface area (Å²) in [6.45, 7) is 5.57. The van der Waals surface area contributed by atoms with Gasteiger partial charge in [0.2, 0.25) is 16.4 Å². The average Bonchev–Trinajstić information content (AvgIpc) is 3.47. The Morgan fingerprint density at radius 3 is 2.14 bits per heavy atom. The topological polar surface area (TPSA) is 104 Å². The second kappa shape index (κ2) is 14.2. The smallest absolute Gasteiger partial charge is 0.289 e. The summed E-state index contributed by atoms with van der Waals surface area (Å²) in [6, 6.07) is 10.1. The van der Waals surface area contributed by atoms with E-state index in [1.54, 1.807) is 17.0 Å². The van der Waals surface area contributed by atoms with E-state index in [1.165, 1.54) is 35.7 Å². The molecule has 0 radical (unpaired) electrons. The van der Waals surface area contributed by atoms with Crippen molar-refractivity contribution in [3.8, 4) is 0 Å². The highest BCUT2D eigenvalue weighted by Crippen LogP contribution is 2.37. The van der Waals surface area contributed by atoms with Gasteiger partial charge in [0.15, 0.2) is 5.76 Å². The number of carbonyl (C=O) groups is 2. The molecule has 10 nitrogen and oxygen atoms in total. The third kappa shape index (κ3) is 7.15. The van der Waals surface area contributed by atoms with E-state index in [2.05, 4.69) is 20.8 Å². The number of furan rings is 1. The molecule has 4 heterocycles. The maximum atomic E-state index is 13.2. The van der Waals surface area contributed by atoms with Crippen LogP contribution in [0.3, 0.4) is 0 Å². The number of ether oxygens (including phenoxy) is 1. The number of piperazine rings is 1. The molecule has 3 saturated heterocycles. The van der Waals surface area contributed by atoms with Gasteiger partial charge in [-0.3, -0.25) is 9.59 Å². The summed E-state index contributed by atoms with van der Waals surface area (Å²) in [4.78, 5) is 28.5. The third-order valence-corrected chi connectivity index (χ3v) is 11.4. The Morgan fingerprint density at radius 2 is 1.53 bits per heavy atom. The highest BCUT2D eigenvalue weighted by atomic mass is 79.9. The van der Waals surface area contributed by atoms with Gasteiger partial charge in [-0.25, -0.2) is 8.42 Å². The number of hydrogen-bond acceptors (Lipinski definition) is 7. The molecule has 0 spiro atoms. The Hall–Kier alpha value is -2.35. The Kier molecular flexibility index (Phi) is 10.6. The zero-order valence-electron chi connectivity index (χ0n) is 23.5. The van der Waals surface area contributed by atoms with Crippen LogP contribution in [0.15, 0.2) is 50.2 Å². The third-order valence-electron chi connectivity index (χ3n) is 7.76. The summed E-state index contributed by atoms with van der Waals surface area (Å²) in [5.74, 6) is 0.127. The van der Waals surface area contributed by atoms with Gasteiger partial charge in [0, 0.05) is 57.7 Å². The number of carbonyl (C=O) groups excluding carboxylic acids is 2. The van der Waals surface area contributed by atoms with Crippen LogP contribution in [-0.4, -0.2) is 100 Å². The lowest BCUT2D eigenvalue weighted by molar-refractivity contribution is -0.118. The standard InChI is InChI=1S/C23H22BrCl2N3O5S.C6H11NO/c24-21-15-14-20(23(30)28-10-12-33-13-11-28)34-19(15)5-4-18(21)27-6-8-29(9-7-27)35(31,32)22-16(25)2-1-3-17(22)26;8-6-7-4-2-1-3-5-7/h1-5,14H,6-13H2;6H,1-5H2. The van der Waals surface area contributed by atoms with E-state index in [9.17, 15) is 18.0 Å². The van der Waals surface area contributed by atoms with Gasteiger partial charge in [0.05, 0.1) is 33.4 Å². The highest BCUT2D eigenvalue weighted by Gasteiger charge is 2.33. The van der Waals surface area contributed by atoms with Crippen LogP contribution >= 0.6 is 39.1 Å². The van der Waals surface area contributed by atoms with E-state index in [4.69, 9.17) is 32.4 Å². The molecule has 2 amide bonds. The SMILES string of the molecule is O=C(c1cc2c(Br)c(N3CCN(S(=O)(=O)c4c(Cl)cccc4Cl)CC3)ccc2o1)N1CCOCC1.O=CN1CCCCC1. The summed E-state index contributed by atoms with van der Waals surface area (Å²) >= 11 is 16.0. The van der Waals surface area contributed by atoms with Crippen LogP contribution in [0.2, 0.25) is 10.0 Å². The summed E-state index contributed by atoms with van der Waals surface area (Å²) in [7, 11) is -3.83. The number of anilines is 1. The Bertz CT molecular complexity index is 1550. The zero-order chi connectivity index (χ0) is 30.6. The first kappa shape index (κ1) is 32.1. The molecular weight excluding hydrogens is 683 g/mol. The van der Waals surface area contributed by atoms with Crippen LogP contribution in [0.5, 0.6) is 0 Å². The second-order valence-electron chi connectivity index (χ2n) is 10.5. The van der Waals surface area contributed by atoms with E-state index in [-0.39, 0.29) is 39.7 Å². The number of hydrogen-bond donors (Lipinski definition) is 0. The summed E-state index contributed by atoms with van der Waals surface area (Å²) in [5, 5.41) is 1.00. The lowest BCUT2D eigenvalue weighted by Crippen LogP contribution is -2.48. The van der Waals surface area contributed by atoms with Gasteiger partial charge < -0.3 is 23.9 Å². The lowest BCUT2D eigenvalue weighted by atomic mass is 10.1. The number of piperidine rings is 1.